The maximum atomic E-state index is 12.8. The Kier molecular flexibility index (Phi) is 5.30. The molecule has 1 heterocycles. The van der Waals surface area contributed by atoms with E-state index < -0.39 is 0 Å². The number of para-hydroxylation sites is 1. The third-order valence-corrected chi connectivity index (χ3v) is 5.08. The molecule has 0 atom stereocenters. The molecule has 1 aliphatic heterocycles. The van der Waals surface area contributed by atoms with Gasteiger partial charge in [0.05, 0.1) is 0 Å². The molecule has 150 valence electrons. The van der Waals surface area contributed by atoms with Crippen molar-refractivity contribution in [3.05, 3.63) is 89.5 Å². The van der Waals surface area contributed by atoms with Crippen LogP contribution in [0.4, 0.5) is 17.1 Å². The Hall–Kier alpha value is -3.93. The van der Waals surface area contributed by atoms with E-state index in [1.54, 1.807) is 42.3 Å². The molecular formula is C24H21N3O3. The van der Waals surface area contributed by atoms with Gasteiger partial charge in [-0.1, -0.05) is 30.3 Å². The number of hydrogen-bond donors (Lipinski definition) is 2. The van der Waals surface area contributed by atoms with Crippen molar-refractivity contribution in [2.45, 2.75) is 12.8 Å². The summed E-state index contributed by atoms with van der Waals surface area (Å²) in [6.45, 7) is 0. The first-order valence-corrected chi connectivity index (χ1v) is 9.68. The first-order chi connectivity index (χ1) is 14.5. The van der Waals surface area contributed by atoms with Crippen molar-refractivity contribution in [3.63, 3.8) is 0 Å². The Morgan fingerprint density at radius 3 is 2.47 bits per heavy atom. The predicted octanol–water partition coefficient (Wildman–Crippen LogP) is 4.10. The molecular weight excluding hydrogens is 378 g/mol. The number of aryl methyl sites for hydroxylation is 1. The number of carbonyl (C=O) groups is 3. The minimum atomic E-state index is -0.325. The molecule has 6 nitrogen and oxygen atoms in total. The summed E-state index contributed by atoms with van der Waals surface area (Å²) in [5.41, 5.74) is 3.92. The van der Waals surface area contributed by atoms with E-state index in [-0.39, 0.29) is 17.7 Å². The Morgan fingerprint density at radius 2 is 1.67 bits per heavy atom. The van der Waals surface area contributed by atoms with Gasteiger partial charge in [-0.05, 0) is 54.4 Å². The minimum absolute atomic E-state index is 0.0280. The quantitative estimate of drug-likeness (QED) is 0.693. The zero-order valence-corrected chi connectivity index (χ0v) is 16.5. The average molecular weight is 399 g/mol. The molecule has 3 aromatic carbocycles. The molecule has 4 rings (SSSR count). The lowest BCUT2D eigenvalue weighted by Gasteiger charge is -2.18. The van der Waals surface area contributed by atoms with Crippen molar-refractivity contribution < 1.29 is 14.4 Å². The third kappa shape index (κ3) is 4.07. The summed E-state index contributed by atoms with van der Waals surface area (Å²) in [5.74, 6) is -0.554. The van der Waals surface area contributed by atoms with E-state index in [0.717, 1.165) is 16.9 Å². The molecule has 0 fully saturated rings. The molecule has 0 radical (unpaired) electrons. The fourth-order valence-corrected chi connectivity index (χ4v) is 3.41. The predicted molar refractivity (Wildman–Crippen MR) is 117 cm³/mol. The summed E-state index contributed by atoms with van der Waals surface area (Å²) in [6, 6.07) is 21.4. The van der Waals surface area contributed by atoms with Gasteiger partial charge < -0.3 is 15.5 Å². The smallest absolute Gasteiger partial charge is 0.258 e. The number of carbonyl (C=O) groups excluding carboxylic acids is 3. The van der Waals surface area contributed by atoms with Gasteiger partial charge in [0.2, 0.25) is 5.91 Å². The highest BCUT2D eigenvalue weighted by atomic mass is 16.2. The van der Waals surface area contributed by atoms with Crippen LogP contribution in [0.3, 0.4) is 0 Å². The van der Waals surface area contributed by atoms with Crippen LogP contribution in [0.2, 0.25) is 0 Å². The zero-order chi connectivity index (χ0) is 21.1. The van der Waals surface area contributed by atoms with Crippen molar-refractivity contribution in [3.8, 4) is 0 Å². The number of anilines is 3. The Morgan fingerprint density at radius 1 is 0.900 bits per heavy atom. The number of amides is 3. The highest BCUT2D eigenvalue weighted by Gasteiger charge is 2.17. The van der Waals surface area contributed by atoms with E-state index in [1.807, 2.05) is 42.5 Å². The molecule has 3 aromatic rings. The van der Waals surface area contributed by atoms with E-state index in [4.69, 9.17) is 0 Å². The van der Waals surface area contributed by atoms with Gasteiger partial charge in [-0.3, -0.25) is 14.4 Å². The lowest BCUT2D eigenvalue weighted by Crippen LogP contribution is -2.26. The van der Waals surface area contributed by atoms with Crippen LogP contribution in [0.15, 0.2) is 72.8 Å². The van der Waals surface area contributed by atoms with Crippen LogP contribution >= 0.6 is 0 Å². The van der Waals surface area contributed by atoms with Gasteiger partial charge >= 0.3 is 0 Å². The summed E-state index contributed by atoms with van der Waals surface area (Å²) in [4.78, 5) is 38.7. The van der Waals surface area contributed by atoms with Crippen molar-refractivity contribution >= 4 is 34.8 Å². The molecule has 0 spiro atoms. The average Bonchev–Trinajstić information content (AvgIpc) is 2.78. The van der Waals surface area contributed by atoms with Crippen LogP contribution in [0, 0.1) is 0 Å². The number of fused-ring (bicyclic) bond motifs is 1. The number of nitrogens with zero attached hydrogens (tertiary/aromatic N) is 1. The standard InChI is InChI=1S/C24H21N3O3/c1-27(20-8-3-2-4-9-20)24(30)18-7-5-6-17(14-18)23(29)25-19-12-10-16-11-13-22(28)26-21(16)15-19/h2-10,12,14-15H,11,13H2,1H3,(H,25,29)(H,26,28). The zero-order valence-electron chi connectivity index (χ0n) is 16.5. The van der Waals surface area contributed by atoms with E-state index in [0.29, 0.717) is 29.7 Å². The van der Waals surface area contributed by atoms with E-state index in [2.05, 4.69) is 10.6 Å². The molecule has 0 aliphatic carbocycles. The first-order valence-electron chi connectivity index (χ1n) is 9.68. The van der Waals surface area contributed by atoms with Gasteiger partial charge in [-0.25, -0.2) is 0 Å². The van der Waals surface area contributed by atoms with Crippen molar-refractivity contribution in [2.24, 2.45) is 0 Å². The van der Waals surface area contributed by atoms with Gasteiger partial charge in [0, 0.05) is 41.7 Å². The number of nitrogens with one attached hydrogen (secondary N) is 2. The van der Waals surface area contributed by atoms with Crippen molar-refractivity contribution in [1.29, 1.82) is 0 Å². The first kappa shape index (κ1) is 19.4. The number of benzene rings is 3. The van der Waals surface area contributed by atoms with Gasteiger partial charge in [0.25, 0.3) is 11.8 Å². The van der Waals surface area contributed by atoms with Crippen LogP contribution in [-0.2, 0) is 11.2 Å². The fourth-order valence-electron chi connectivity index (χ4n) is 3.41. The van der Waals surface area contributed by atoms with Crippen molar-refractivity contribution in [1.82, 2.24) is 0 Å². The summed E-state index contributed by atoms with van der Waals surface area (Å²) < 4.78 is 0. The lowest BCUT2D eigenvalue weighted by atomic mass is 10.0. The summed E-state index contributed by atoms with van der Waals surface area (Å²) in [6.07, 6.45) is 1.16. The highest BCUT2D eigenvalue weighted by Crippen LogP contribution is 2.26. The molecule has 6 heteroatoms. The van der Waals surface area contributed by atoms with Gasteiger partial charge in [-0.2, -0.15) is 0 Å². The normalized spacial score (nSPS) is 12.5. The molecule has 30 heavy (non-hydrogen) atoms. The molecule has 0 bridgehead atoms. The number of hydrogen-bond acceptors (Lipinski definition) is 3. The van der Waals surface area contributed by atoms with Gasteiger partial charge in [0.1, 0.15) is 0 Å². The minimum Gasteiger partial charge on any atom is -0.326 e. The lowest BCUT2D eigenvalue weighted by molar-refractivity contribution is -0.116. The largest absolute Gasteiger partial charge is 0.326 e. The summed E-state index contributed by atoms with van der Waals surface area (Å²) >= 11 is 0. The third-order valence-electron chi connectivity index (χ3n) is 5.08. The Bertz CT molecular complexity index is 1130. The van der Waals surface area contributed by atoms with Crippen LogP contribution in [0.1, 0.15) is 32.7 Å². The van der Waals surface area contributed by atoms with E-state index in [1.165, 1.54) is 0 Å². The second kappa shape index (κ2) is 8.21. The summed E-state index contributed by atoms with van der Waals surface area (Å²) in [7, 11) is 1.70. The molecule has 0 saturated carbocycles. The number of rotatable bonds is 4. The Labute approximate surface area is 174 Å². The molecule has 2 N–H and O–H groups in total. The molecule has 0 saturated heterocycles. The maximum Gasteiger partial charge on any atom is 0.258 e. The van der Waals surface area contributed by atoms with Gasteiger partial charge in [0.15, 0.2) is 0 Å². The van der Waals surface area contributed by atoms with E-state index in [9.17, 15) is 14.4 Å². The topological polar surface area (TPSA) is 78.5 Å². The van der Waals surface area contributed by atoms with Crippen LogP contribution in [0.5, 0.6) is 0 Å². The summed E-state index contributed by atoms with van der Waals surface area (Å²) in [5, 5.41) is 5.66. The monoisotopic (exact) mass is 399 g/mol. The molecule has 0 unspecified atom stereocenters. The SMILES string of the molecule is CN(C(=O)c1cccc(C(=O)Nc2ccc3c(c2)NC(=O)CC3)c1)c1ccccc1. The van der Waals surface area contributed by atoms with E-state index >= 15 is 0 Å². The van der Waals surface area contributed by atoms with Crippen LogP contribution in [0.25, 0.3) is 0 Å². The van der Waals surface area contributed by atoms with Gasteiger partial charge in [-0.15, -0.1) is 0 Å². The maximum absolute atomic E-state index is 12.8. The second-order valence-corrected chi connectivity index (χ2v) is 7.15. The van der Waals surface area contributed by atoms with Crippen LogP contribution < -0.4 is 15.5 Å². The fraction of sp³-hybridized carbons (Fsp3) is 0.125. The van der Waals surface area contributed by atoms with Crippen LogP contribution in [-0.4, -0.2) is 24.8 Å². The molecule has 0 aromatic heterocycles. The van der Waals surface area contributed by atoms with Crippen molar-refractivity contribution in [2.75, 3.05) is 22.6 Å². The second-order valence-electron chi connectivity index (χ2n) is 7.15. The molecule has 3 amide bonds. The Balaban J connectivity index is 1.51. The highest BCUT2D eigenvalue weighted by molar-refractivity contribution is 6.09. The molecule has 1 aliphatic rings.